The van der Waals surface area contributed by atoms with E-state index in [1.165, 1.54) is 0 Å². The number of amides is 1. The Kier molecular flexibility index (Phi) is 2.46. The summed E-state index contributed by atoms with van der Waals surface area (Å²) in [4.78, 5) is 13.3. The molecule has 0 atom stereocenters. The molecule has 1 aromatic carbocycles. The lowest BCUT2D eigenvalue weighted by Gasteiger charge is -2.18. The molecule has 1 aliphatic heterocycles. The molecule has 0 N–H and O–H groups in total. The van der Waals surface area contributed by atoms with E-state index in [2.05, 4.69) is 0 Å². The number of carbonyl (C=O) groups excluding carboxylic acids is 1. The normalized spacial score (nSPS) is 16.4. The molecule has 1 saturated heterocycles. The fraction of sp³-hybridized carbons (Fsp3) is 0.364. The topological polar surface area (TPSA) is 20.3 Å². The van der Waals surface area contributed by atoms with Gasteiger partial charge in [0.25, 0.3) is 0 Å². The van der Waals surface area contributed by atoms with Crippen LogP contribution in [0.4, 0.5) is 5.69 Å². The van der Waals surface area contributed by atoms with Crippen LogP contribution in [0.15, 0.2) is 18.2 Å². The van der Waals surface area contributed by atoms with Crippen LogP contribution in [0.2, 0.25) is 5.02 Å². The molecule has 1 amide bonds. The quantitative estimate of drug-likeness (QED) is 0.697. The summed E-state index contributed by atoms with van der Waals surface area (Å²) in [6, 6.07) is 5.64. The third-order valence-corrected chi connectivity index (χ3v) is 2.76. The first-order valence-corrected chi connectivity index (χ1v) is 5.13. The minimum Gasteiger partial charge on any atom is -0.312 e. The summed E-state index contributed by atoms with van der Waals surface area (Å²) in [6.45, 7) is 2.81. The molecule has 0 aromatic heterocycles. The van der Waals surface area contributed by atoms with E-state index >= 15 is 0 Å². The summed E-state index contributed by atoms with van der Waals surface area (Å²) in [5.41, 5.74) is 2.06. The second-order valence-electron chi connectivity index (χ2n) is 3.58. The first kappa shape index (κ1) is 9.53. The lowest BCUT2D eigenvalue weighted by atomic mass is 10.2. The Hall–Kier alpha value is -1.02. The van der Waals surface area contributed by atoms with Gasteiger partial charge in [0.2, 0.25) is 5.91 Å². The zero-order valence-electron chi connectivity index (χ0n) is 8.09. The molecule has 0 radical (unpaired) electrons. The first-order chi connectivity index (χ1) is 6.68. The Morgan fingerprint density at radius 1 is 1.43 bits per heavy atom. The maximum Gasteiger partial charge on any atom is 0.227 e. The molecular weight excluding hydrogens is 198 g/mol. The van der Waals surface area contributed by atoms with Crippen LogP contribution in [-0.2, 0) is 4.79 Å². The van der Waals surface area contributed by atoms with Crippen molar-refractivity contribution in [3.05, 3.63) is 28.8 Å². The molecule has 0 unspecified atom stereocenters. The average Bonchev–Trinajstić information content (AvgIpc) is 2.52. The van der Waals surface area contributed by atoms with Gasteiger partial charge < -0.3 is 4.90 Å². The SMILES string of the molecule is Cc1cc(Cl)ccc1N1CCCC1=O. The molecule has 0 bridgehead atoms. The maximum absolute atomic E-state index is 11.5. The Bertz CT molecular complexity index is 376. The highest BCUT2D eigenvalue weighted by atomic mass is 35.5. The standard InChI is InChI=1S/C11H12ClNO/c1-8-7-9(12)4-5-10(8)13-6-2-3-11(13)14/h4-5,7H,2-3,6H2,1H3. The van der Waals surface area contributed by atoms with Crippen molar-refractivity contribution in [1.29, 1.82) is 0 Å². The van der Waals surface area contributed by atoms with Crippen LogP contribution in [-0.4, -0.2) is 12.5 Å². The molecule has 74 valence electrons. The zero-order chi connectivity index (χ0) is 10.1. The Balaban J connectivity index is 2.36. The predicted octanol–water partition coefficient (Wildman–Crippen LogP) is 2.78. The summed E-state index contributed by atoms with van der Waals surface area (Å²) in [5, 5.41) is 0.720. The Labute approximate surface area is 88.5 Å². The van der Waals surface area contributed by atoms with E-state index in [1.807, 2.05) is 30.0 Å². The number of aryl methyl sites for hydroxylation is 1. The fourth-order valence-electron chi connectivity index (χ4n) is 1.82. The van der Waals surface area contributed by atoms with Crippen molar-refractivity contribution in [2.24, 2.45) is 0 Å². The number of hydrogen-bond acceptors (Lipinski definition) is 1. The van der Waals surface area contributed by atoms with Gasteiger partial charge in [-0.25, -0.2) is 0 Å². The highest BCUT2D eigenvalue weighted by Crippen LogP contribution is 2.27. The monoisotopic (exact) mass is 209 g/mol. The largest absolute Gasteiger partial charge is 0.312 e. The van der Waals surface area contributed by atoms with Gasteiger partial charge in [0.1, 0.15) is 0 Å². The number of rotatable bonds is 1. The van der Waals surface area contributed by atoms with Crippen molar-refractivity contribution >= 4 is 23.2 Å². The summed E-state index contributed by atoms with van der Waals surface area (Å²) in [7, 11) is 0. The summed E-state index contributed by atoms with van der Waals surface area (Å²) < 4.78 is 0. The second kappa shape index (κ2) is 3.62. The number of hydrogen-bond donors (Lipinski definition) is 0. The van der Waals surface area contributed by atoms with E-state index < -0.39 is 0 Å². The highest BCUT2D eigenvalue weighted by molar-refractivity contribution is 6.30. The Morgan fingerprint density at radius 3 is 2.79 bits per heavy atom. The second-order valence-corrected chi connectivity index (χ2v) is 4.02. The molecule has 2 nitrogen and oxygen atoms in total. The molecule has 0 saturated carbocycles. The molecule has 3 heteroatoms. The zero-order valence-corrected chi connectivity index (χ0v) is 8.84. The van der Waals surface area contributed by atoms with Gasteiger partial charge >= 0.3 is 0 Å². The van der Waals surface area contributed by atoms with Gasteiger partial charge in [-0.2, -0.15) is 0 Å². The predicted molar refractivity (Wildman–Crippen MR) is 57.8 cm³/mol. The van der Waals surface area contributed by atoms with Gasteiger partial charge in [0.05, 0.1) is 0 Å². The smallest absolute Gasteiger partial charge is 0.227 e. The van der Waals surface area contributed by atoms with Crippen LogP contribution in [0.25, 0.3) is 0 Å². The summed E-state index contributed by atoms with van der Waals surface area (Å²) in [6.07, 6.45) is 1.63. The number of nitrogens with zero attached hydrogens (tertiary/aromatic N) is 1. The van der Waals surface area contributed by atoms with Crippen LogP contribution in [0, 0.1) is 6.92 Å². The minimum absolute atomic E-state index is 0.218. The van der Waals surface area contributed by atoms with Crippen molar-refractivity contribution in [2.45, 2.75) is 19.8 Å². The summed E-state index contributed by atoms with van der Waals surface area (Å²) in [5.74, 6) is 0.218. The van der Waals surface area contributed by atoms with Crippen LogP contribution in [0.1, 0.15) is 18.4 Å². The van der Waals surface area contributed by atoms with E-state index in [-0.39, 0.29) is 5.91 Å². The van der Waals surface area contributed by atoms with Gasteiger partial charge in [-0.3, -0.25) is 4.79 Å². The van der Waals surface area contributed by atoms with Crippen molar-refractivity contribution in [1.82, 2.24) is 0 Å². The van der Waals surface area contributed by atoms with Crippen molar-refractivity contribution in [2.75, 3.05) is 11.4 Å². The van der Waals surface area contributed by atoms with E-state index in [0.29, 0.717) is 6.42 Å². The highest BCUT2D eigenvalue weighted by Gasteiger charge is 2.22. The molecule has 1 heterocycles. The van der Waals surface area contributed by atoms with Crippen molar-refractivity contribution in [3.63, 3.8) is 0 Å². The van der Waals surface area contributed by atoms with Crippen LogP contribution < -0.4 is 4.90 Å². The molecule has 1 fully saturated rings. The fourth-order valence-corrected chi connectivity index (χ4v) is 2.05. The van der Waals surface area contributed by atoms with E-state index in [9.17, 15) is 4.79 Å². The lowest BCUT2D eigenvalue weighted by molar-refractivity contribution is -0.117. The number of anilines is 1. The first-order valence-electron chi connectivity index (χ1n) is 4.75. The van der Waals surface area contributed by atoms with Crippen molar-refractivity contribution < 1.29 is 4.79 Å². The maximum atomic E-state index is 11.5. The average molecular weight is 210 g/mol. The molecule has 14 heavy (non-hydrogen) atoms. The van der Waals surface area contributed by atoms with Gasteiger partial charge in [-0.1, -0.05) is 11.6 Å². The van der Waals surface area contributed by atoms with E-state index in [0.717, 1.165) is 29.2 Å². The van der Waals surface area contributed by atoms with E-state index in [4.69, 9.17) is 11.6 Å². The van der Waals surface area contributed by atoms with Crippen molar-refractivity contribution in [3.8, 4) is 0 Å². The Morgan fingerprint density at radius 2 is 2.21 bits per heavy atom. The number of benzene rings is 1. The molecule has 1 aromatic rings. The van der Waals surface area contributed by atoms with Gasteiger partial charge in [-0.05, 0) is 37.1 Å². The molecule has 2 rings (SSSR count). The van der Waals surface area contributed by atoms with Crippen LogP contribution in [0.5, 0.6) is 0 Å². The van der Waals surface area contributed by atoms with Crippen LogP contribution >= 0.6 is 11.6 Å². The molecule has 1 aliphatic rings. The molecule has 0 spiro atoms. The van der Waals surface area contributed by atoms with E-state index in [1.54, 1.807) is 0 Å². The summed E-state index contributed by atoms with van der Waals surface area (Å²) >= 11 is 5.86. The minimum atomic E-state index is 0.218. The van der Waals surface area contributed by atoms with Gasteiger partial charge in [-0.15, -0.1) is 0 Å². The van der Waals surface area contributed by atoms with Crippen LogP contribution in [0.3, 0.4) is 0 Å². The van der Waals surface area contributed by atoms with Gasteiger partial charge in [0, 0.05) is 23.7 Å². The number of halogens is 1. The van der Waals surface area contributed by atoms with Gasteiger partial charge in [0.15, 0.2) is 0 Å². The third kappa shape index (κ3) is 1.62. The molecule has 0 aliphatic carbocycles. The molecular formula is C11H12ClNO. The third-order valence-electron chi connectivity index (χ3n) is 2.52. The number of carbonyl (C=O) groups is 1. The lowest BCUT2D eigenvalue weighted by Crippen LogP contribution is -2.24.